The first-order valence-corrected chi connectivity index (χ1v) is 6.63. The minimum atomic E-state index is -0.832. The number of carbonyl (C=O) groups is 1. The molecule has 0 aliphatic heterocycles. The van der Waals surface area contributed by atoms with Crippen LogP contribution >= 0.6 is 11.6 Å². The lowest BCUT2D eigenvalue weighted by Crippen LogP contribution is -2.42. The molecule has 0 radical (unpaired) electrons. The Balaban J connectivity index is 2.84. The summed E-state index contributed by atoms with van der Waals surface area (Å²) >= 11 is 6.01. The molecule has 1 atom stereocenters. The minimum Gasteiger partial charge on any atom is -0.495 e. The zero-order valence-electron chi connectivity index (χ0n) is 11.7. The van der Waals surface area contributed by atoms with E-state index in [4.69, 9.17) is 21.1 Å². The summed E-state index contributed by atoms with van der Waals surface area (Å²) in [6.45, 7) is 6.04. The Morgan fingerprint density at radius 2 is 2.11 bits per heavy atom. The van der Waals surface area contributed by atoms with Gasteiger partial charge in [0.2, 0.25) is 0 Å². The van der Waals surface area contributed by atoms with Gasteiger partial charge in [-0.1, -0.05) is 18.5 Å². The van der Waals surface area contributed by atoms with Gasteiger partial charge in [-0.2, -0.15) is 0 Å². The van der Waals surface area contributed by atoms with Gasteiger partial charge in [-0.05, 0) is 38.5 Å². The molecule has 0 aliphatic rings. The normalized spacial score (nSPS) is 13.7. The van der Waals surface area contributed by atoms with Crippen molar-refractivity contribution < 1.29 is 14.3 Å². The van der Waals surface area contributed by atoms with Crippen molar-refractivity contribution in [2.75, 3.05) is 19.0 Å². The van der Waals surface area contributed by atoms with Gasteiger partial charge in [0.05, 0.1) is 12.1 Å². The quantitative estimate of drug-likeness (QED) is 0.870. The van der Waals surface area contributed by atoms with Crippen molar-refractivity contribution in [3.05, 3.63) is 23.2 Å². The molecule has 1 aromatic carbocycles. The lowest BCUT2D eigenvalue weighted by Gasteiger charge is -2.26. The van der Waals surface area contributed by atoms with Gasteiger partial charge in [0, 0.05) is 12.3 Å². The number of rotatable bonds is 6. The highest BCUT2D eigenvalue weighted by Crippen LogP contribution is 2.28. The molecule has 4 nitrogen and oxygen atoms in total. The van der Waals surface area contributed by atoms with Crippen LogP contribution in [0.5, 0.6) is 5.75 Å². The number of ether oxygens (including phenoxy) is 2. The third kappa shape index (κ3) is 3.85. The number of halogens is 1. The molecule has 0 aliphatic carbocycles. The maximum absolute atomic E-state index is 12.2. The summed E-state index contributed by atoms with van der Waals surface area (Å²) in [6.07, 6.45) is 0.594. The van der Waals surface area contributed by atoms with E-state index >= 15 is 0 Å². The summed E-state index contributed by atoms with van der Waals surface area (Å²) in [6, 6.07) is 5.10. The largest absolute Gasteiger partial charge is 0.495 e. The van der Waals surface area contributed by atoms with E-state index in [1.165, 1.54) is 0 Å². The summed E-state index contributed by atoms with van der Waals surface area (Å²) in [5.74, 6) is 0.390. The van der Waals surface area contributed by atoms with Gasteiger partial charge < -0.3 is 14.8 Å². The van der Waals surface area contributed by atoms with E-state index in [9.17, 15) is 4.79 Å². The summed E-state index contributed by atoms with van der Waals surface area (Å²) in [5.41, 5.74) is -0.212. The van der Waals surface area contributed by atoms with Gasteiger partial charge >= 0.3 is 0 Å². The maximum Gasteiger partial charge on any atom is 0.256 e. The number of hydrogen-bond donors (Lipinski definition) is 1. The van der Waals surface area contributed by atoms with Crippen molar-refractivity contribution in [1.82, 2.24) is 0 Å². The van der Waals surface area contributed by atoms with Crippen LogP contribution in [0.25, 0.3) is 0 Å². The number of amides is 1. The molecule has 0 fully saturated rings. The fourth-order valence-corrected chi connectivity index (χ4v) is 1.91. The van der Waals surface area contributed by atoms with Crippen molar-refractivity contribution in [3.63, 3.8) is 0 Å². The first-order valence-electron chi connectivity index (χ1n) is 6.25. The third-order valence-electron chi connectivity index (χ3n) is 3.03. The molecule has 5 heteroatoms. The molecule has 106 valence electrons. The Morgan fingerprint density at radius 3 is 2.58 bits per heavy atom. The van der Waals surface area contributed by atoms with Crippen LogP contribution in [0, 0.1) is 0 Å². The Hall–Kier alpha value is -1.26. The molecule has 1 rings (SSSR count). The second-order valence-electron chi connectivity index (χ2n) is 4.32. The van der Waals surface area contributed by atoms with E-state index < -0.39 is 5.60 Å². The Labute approximate surface area is 119 Å². The Bertz CT molecular complexity index is 450. The average molecular weight is 286 g/mol. The van der Waals surface area contributed by atoms with E-state index in [1.54, 1.807) is 32.2 Å². The van der Waals surface area contributed by atoms with Crippen molar-refractivity contribution in [3.8, 4) is 5.75 Å². The van der Waals surface area contributed by atoms with Gasteiger partial charge in [-0.25, -0.2) is 0 Å². The highest BCUT2D eigenvalue weighted by molar-refractivity contribution is 6.32. The Morgan fingerprint density at radius 1 is 1.42 bits per heavy atom. The second kappa shape index (κ2) is 6.78. The first kappa shape index (κ1) is 15.8. The number of hydrogen-bond acceptors (Lipinski definition) is 3. The summed E-state index contributed by atoms with van der Waals surface area (Å²) in [7, 11) is 1.54. The average Bonchev–Trinajstić information content (AvgIpc) is 2.39. The number of carbonyl (C=O) groups excluding carboxylic acids is 1. The zero-order valence-corrected chi connectivity index (χ0v) is 12.5. The van der Waals surface area contributed by atoms with E-state index in [-0.39, 0.29) is 5.91 Å². The van der Waals surface area contributed by atoms with E-state index in [2.05, 4.69) is 5.32 Å². The van der Waals surface area contributed by atoms with Gasteiger partial charge in [-0.15, -0.1) is 0 Å². The van der Waals surface area contributed by atoms with Crippen LogP contribution < -0.4 is 10.1 Å². The SMILES string of the molecule is CCOC(C)(CC)C(=O)Nc1ccc(OC)c(Cl)c1. The van der Waals surface area contributed by atoms with E-state index in [1.807, 2.05) is 13.8 Å². The molecular weight excluding hydrogens is 266 g/mol. The van der Waals surface area contributed by atoms with Crippen LogP contribution in [0.4, 0.5) is 5.69 Å². The van der Waals surface area contributed by atoms with Crippen LogP contribution in [0.3, 0.4) is 0 Å². The van der Waals surface area contributed by atoms with Gasteiger partial charge in [0.25, 0.3) is 5.91 Å². The van der Waals surface area contributed by atoms with Crippen molar-refractivity contribution in [2.45, 2.75) is 32.8 Å². The maximum atomic E-state index is 12.2. The number of anilines is 1. The monoisotopic (exact) mass is 285 g/mol. The second-order valence-corrected chi connectivity index (χ2v) is 4.73. The lowest BCUT2D eigenvalue weighted by atomic mass is 10.0. The molecule has 0 saturated carbocycles. The summed E-state index contributed by atoms with van der Waals surface area (Å²) < 4.78 is 10.6. The number of benzene rings is 1. The topological polar surface area (TPSA) is 47.6 Å². The molecule has 0 spiro atoms. The van der Waals surface area contributed by atoms with E-state index in [0.717, 1.165) is 0 Å². The fourth-order valence-electron chi connectivity index (χ4n) is 1.65. The first-order chi connectivity index (χ1) is 8.96. The van der Waals surface area contributed by atoms with Crippen molar-refractivity contribution >= 4 is 23.2 Å². The Kier molecular flexibility index (Phi) is 5.63. The van der Waals surface area contributed by atoms with Crippen molar-refractivity contribution in [1.29, 1.82) is 0 Å². The van der Waals surface area contributed by atoms with Crippen LogP contribution in [0.15, 0.2) is 18.2 Å². The van der Waals surface area contributed by atoms with Crippen molar-refractivity contribution in [2.24, 2.45) is 0 Å². The molecule has 1 aromatic rings. The van der Waals surface area contributed by atoms with Crippen LogP contribution in [-0.2, 0) is 9.53 Å². The summed E-state index contributed by atoms with van der Waals surface area (Å²) in [4.78, 5) is 12.2. The smallest absolute Gasteiger partial charge is 0.256 e. The van der Waals surface area contributed by atoms with Crippen LogP contribution in [0.2, 0.25) is 5.02 Å². The van der Waals surface area contributed by atoms with Crippen LogP contribution in [0.1, 0.15) is 27.2 Å². The molecule has 0 aromatic heterocycles. The molecule has 0 heterocycles. The summed E-state index contributed by atoms with van der Waals surface area (Å²) in [5, 5.41) is 3.26. The zero-order chi connectivity index (χ0) is 14.5. The van der Waals surface area contributed by atoms with Gasteiger partial charge in [0.1, 0.15) is 11.4 Å². The minimum absolute atomic E-state index is 0.182. The van der Waals surface area contributed by atoms with Gasteiger partial charge in [0.15, 0.2) is 0 Å². The van der Waals surface area contributed by atoms with Gasteiger partial charge in [-0.3, -0.25) is 4.79 Å². The fraction of sp³-hybridized carbons (Fsp3) is 0.500. The molecule has 0 bridgehead atoms. The standard InChI is InChI=1S/C14H20ClNO3/c1-5-14(3,19-6-2)13(17)16-10-7-8-12(18-4)11(15)9-10/h7-9H,5-6H2,1-4H3,(H,16,17). The predicted molar refractivity (Wildman–Crippen MR) is 77.0 cm³/mol. The molecule has 0 saturated heterocycles. The van der Waals surface area contributed by atoms with E-state index in [0.29, 0.717) is 29.5 Å². The molecule has 1 N–H and O–H groups in total. The highest BCUT2D eigenvalue weighted by Gasteiger charge is 2.31. The lowest BCUT2D eigenvalue weighted by molar-refractivity contribution is -0.139. The molecule has 1 amide bonds. The molecular formula is C14H20ClNO3. The molecule has 19 heavy (non-hydrogen) atoms. The van der Waals surface area contributed by atoms with Crippen LogP contribution in [-0.4, -0.2) is 25.2 Å². The molecule has 1 unspecified atom stereocenters. The predicted octanol–water partition coefficient (Wildman–Crippen LogP) is 3.49. The number of methoxy groups -OCH3 is 1. The highest BCUT2D eigenvalue weighted by atomic mass is 35.5. The third-order valence-corrected chi connectivity index (χ3v) is 3.32. The number of nitrogens with one attached hydrogen (secondary N) is 1.